The predicted molar refractivity (Wildman–Crippen MR) is 95.4 cm³/mol. The molecule has 0 radical (unpaired) electrons. The minimum atomic E-state index is -0.512. The third-order valence-electron chi connectivity index (χ3n) is 4.84. The van der Waals surface area contributed by atoms with Gasteiger partial charge in [0.2, 0.25) is 11.8 Å². The van der Waals surface area contributed by atoms with Crippen molar-refractivity contribution in [3.05, 3.63) is 54.1 Å². The van der Waals surface area contributed by atoms with E-state index in [4.69, 9.17) is 4.74 Å². The summed E-state index contributed by atoms with van der Waals surface area (Å²) in [5.74, 6) is -0.399. The van der Waals surface area contributed by atoms with Gasteiger partial charge in [0.1, 0.15) is 5.75 Å². The van der Waals surface area contributed by atoms with Crippen molar-refractivity contribution in [1.82, 2.24) is 15.2 Å². The molecule has 1 atom stereocenters. The molecule has 1 aromatic carbocycles. The normalized spacial score (nSPS) is 19.2. The van der Waals surface area contributed by atoms with Crippen molar-refractivity contribution in [2.45, 2.75) is 31.8 Å². The molecule has 2 heterocycles. The largest absolute Gasteiger partial charge is 0.453 e. The Labute approximate surface area is 156 Å². The summed E-state index contributed by atoms with van der Waals surface area (Å²) in [6.07, 6.45) is 5.44. The van der Waals surface area contributed by atoms with Crippen LogP contribution in [0, 0.1) is 11.7 Å². The molecule has 1 saturated heterocycles. The Balaban J connectivity index is 1.32. The summed E-state index contributed by atoms with van der Waals surface area (Å²) in [5.41, 5.74) is 0.628. The monoisotopic (exact) mass is 369 g/mol. The number of carbonyl (C=O) groups is 2. The number of nitrogens with one attached hydrogen (secondary N) is 1. The Hall–Kier alpha value is -2.96. The quantitative estimate of drug-likeness (QED) is 0.850. The molecule has 6 nitrogen and oxygen atoms in total. The lowest BCUT2D eigenvalue weighted by Gasteiger charge is -2.15. The van der Waals surface area contributed by atoms with Crippen LogP contribution < -0.4 is 10.1 Å². The first-order valence-corrected chi connectivity index (χ1v) is 9.03. The van der Waals surface area contributed by atoms with Gasteiger partial charge in [-0.1, -0.05) is 6.07 Å². The molecule has 27 heavy (non-hydrogen) atoms. The van der Waals surface area contributed by atoms with Crippen LogP contribution in [0.3, 0.4) is 0 Å². The van der Waals surface area contributed by atoms with Crippen LogP contribution in [0.2, 0.25) is 0 Å². The van der Waals surface area contributed by atoms with Gasteiger partial charge >= 0.3 is 0 Å². The molecule has 2 aromatic rings. The lowest BCUT2D eigenvalue weighted by molar-refractivity contribution is -0.129. The number of likely N-dealkylation sites (tertiary alicyclic amines) is 1. The van der Waals surface area contributed by atoms with E-state index in [0.29, 0.717) is 23.9 Å². The van der Waals surface area contributed by atoms with Gasteiger partial charge in [0, 0.05) is 31.7 Å². The molecule has 0 unspecified atom stereocenters. The molecule has 1 aliphatic heterocycles. The van der Waals surface area contributed by atoms with E-state index in [2.05, 4.69) is 10.3 Å². The van der Waals surface area contributed by atoms with E-state index in [-0.39, 0.29) is 36.4 Å². The van der Waals surface area contributed by atoms with E-state index in [1.54, 1.807) is 24.4 Å². The Morgan fingerprint density at radius 1 is 1.33 bits per heavy atom. The van der Waals surface area contributed by atoms with E-state index < -0.39 is 5.82 Å². The number of hydrogen-bond donors (Lipinski definition) is 1. The van der Waals surface area contributed by atoms with Crippen LogP contribution in [-0.2, 0) is 16.1 Å². The van der Waals surface area contributed by atoms with Gasteiger partial charge in [-0.3, -0.25) is 14.6 Å². The lowest BCUT2D eigenvalue weighted by atomic mass is 10.1. The fraction of sp³-hybridized carbons (Fsp3) is 0.350. The zero-order chi connectivity index (χ0) is 18.8. The summed E-state index contributed by atoms with van der Waals surface area (Å²) in [5, 5.41) is 2.80. The average molecular weight is 369 g/mol. The molecule has 1 aromatic heterocycles. The fourth-order valence-corrected chi connectivity index (χ4v) is 3.25. The van der Waals surface area contributed by atoms with Crippen molar-refractivity contribution in [2.75, 3.05) is 6.54 Å². The number of carbonyl (C=O) groups excluding carboxylic acids is 2. The predicted octanol–water partition coefficient (Wildman–Crippen LogP) is 2.64. The molecule has 140 valence electrons. The summed E-state index contributed by atoms with van der Waals surface area (Å²) < 4.78 is 19.7. The molecule has 0 spiro atoms. The third kappa shape index (κ3) is 4.07. The SMILES string of the molecule is O=C(NCc1ccc(Oc2cccnc2)c(F)c1)[C@@H]1CC(=O)N(C2CC2)C1. The zero-order valence-corrected chi connectivity index (χ0v) is 14.7. The smallest absolute Gasteiger partial charge is 0.225 e. The summed E-state index contributed by atoms with van der Waals surface area (Å²) in [7, 11) is 0. The Bertz CT molecular complexity index is 855. The summed E-state index contributed by atoms with van der Waals surface area (Å²) in [6.45, 7) is 0.693. The van der Waals surface area contributed by atoms with E-state index in [1.165, 1.54) is 18.3 Å². The summed E-state index contributed by atoms with van der Waals surface area (Å²) in [6, 6.07) is 8.28. The summed E-state index contributed by atoms with van der Waals surface area (Å²) in [4.78, 5) is 30.0. The van der Waals surface area contributed by atoms with Crippen molar-refractivity contribution in [3.63, 3.8) is 0 Å². The van der Waals surface area contributed by atoms with Crippen molar-refractivity contribution in [1.29, 1.82) is 0 Å². The first kappa shape index (κ1) is 17.5. The number of halogens is 1. The van der Waals surface area contributed by atoms with Gasteiger partial charge in [0.15, 0.2) is 11.6 Å². The van der Waals surface area contributed by atoms with Crippen molar-refractivity contribution in [3.8, 4) is 11.5 Å². The number of benzene rings is 1. The van der Waals surface area contributed by atoms with Crippen LogP contribution in [-0.4, -0.2) is 34.3 Å². The highest BCUT2D eigenvalue weighted by molar-refractivity contribution is 5.89. The standard InChI is InChI=1S/C20H20FN3O3/c21-17-8-13(3-6-18(17)27-16-2-1-7-22-11-16)10-23-20(26)14-9-19(25)24(12-14)15-4-5-15/h1-3,6-8,11,14-15H,4-5,9-10,12H2,(H,23,26)/t14-/m1/s1. The Kier molecular flexibility index (Phi) is 4.75. The number of ether oxygens (including phenoxy) is 1. The van der Waals surface area contributed by atoms with Gasteiger partial charge < -0.3 is 15.0 Å². The first-order valence-electron chi connectivity index (χ1n) is 9.03. The maximum Gasteiger partial charge on any atom is 0.225 e. The van der Waals surface area contributed by atoms with Crippen LogP contribution in [0.1, 0.15) is 24.8 Å². The van der Waals surface area contributed by atoms with Crippen LogP contribution in [0.5, 0.6) is 11.5 Å². The van der Waals surface area contributed by atoms with Crippen molar-refractivity contribution < 1.29 is 18.7 Å². The molecule has 2 aliphatic rings. The number of pyridine rings is 1. The first-order chi connectivity index (χ1) is 13.1. The van der Waals surface area contributed by atoms with E-state index >= 15 is 0 Å². The maximum atomic E-state index is 14.2. The lowest BCUT2D eigenvalue weighted by Crippen LogP contribution is -2.33. The molecule has 1 aliphatic carbocycles. The molecule has 4 rings (SSSR count). The highest BCUT2D eigenvalue weighted by atomic mass is 19.1. The molecule has 2 fully saturated rings. The Morgan fingerprint density at radius 2 is 2.19 bits per heavy atom. The van der Waals surface area contributed by atoms with Crippen LogP contribution in [0.25, 0.3) is 0 Å². The number of hydrogen-bond acceptors (Lipinski definition) is 4. The fourth-order valence-electron chi connectivity index (χ4n) is 3.25. The molecule has 0 bridgehead atoms. The van der Waals surface area contributed by atoms with Gasteiger partial charge in [-0.15, -0.1) is 0 Å². The number of aromatic nitrogens is 1. The second-order valence-electron chi connectivity index (χ2n) is 6.95. The molecular formula is C20H20FN3O3. The molecule has 7 heteroatoms. The molecule has 1 saturated carbocycles. The van der Waals surface area contributed by atoms with Crippen molar-refractivity contribution >= 4 is 11.8 Å². The Morgan fingerprint density at radius 3 is 2.89 bits per heavy atom. The summed E-state index contributed by atoms with van der Waals surface area (Å²) >= 11 is 0. The number of nitrogens with zero attached hydrogens (tertiary/aromatic N) is 2. The van der Waals surface area contributed by atoms with Gasteiger partial charge in [-0.05, 0) is 42.7 Å². The second-order valence-corrected chi connectivity index (χ2v) is 6.95. The van der Waals surface area contributed by atoms with E-state index in [0.717, 1.165) is 12.8 Å². The van der Waals surface area contributed by atoms with Gasteiger partial charge in [0.05, 0.1) is 12.1 Å². The van der Waals surface area contributed by atoms with Crippen LogP contribution in [0.4, 0.5) is 4.39 Å². The minimum absolute atomic E-state index is 0.0561. The number of amides is 2. The highest BCUT2D eigenvalue weighted by Gasteiger charge is 2.41. The average Bonchev–Trinajstić information content (AvgIpc) is 3.44. The van der Waals surface area contributed by atoms with Gasteiger partial charge in [0.25, 0.3) is 0 Å². The van der Waals surface area contributed by atoms with E-state index in [9.17, 15) is 14.0 Å². The van der Waals surface area contributed by atoms with E-state index in [1.807, 2.05) is 4.90 Å². The topological polar surface area (TPSA) is 71.5 Å². The number of rotatable bonds is 6. The van der Waals surface area contributed by atoms with Crippen LogP contribution in [0.15, 0.2) is 42.7 Å². The molecular weight excluding hydrogens is 349 g/mol. The highest BCUT2D eigenvalue weighted by Crippen LogP contribution is 2.32. The van der Waals surface area contributed by atoms with Crippen LogP contribution >= 0.6 is 0 Å². The maximum absolute atomic E-state index is 14.2. The molecule has 1 N–H and O–H groups in total. The van der Waals surface area contributed by atoms with Crippen molar-refractivity contribution in [2.24, 2.45) is 5.92 Å². The van der Waals surface area contributed by atoms with Gasteiger partial charge in [-0.2, -0.15) is 0 Å². The van der Waals surface area contributed by atoms with Gasteiger partial charge in [-0.25, -0.2) is 4.39 Å². The molecule has 2 amide bonds. The second kappa shape index (κ2) is 7.34. The zero-order valence-electron chi connectivity index (χ0n) is 14.7. The minimum Gasteiger partial charge on any atom is -0.453 e. The third-order valence-corrected chi connectivity index (χ3v) is 4.84.